The van der Waals surface area contributed by atoms with E-state index in [0.717, 1.165) is 5.56 Å². The largest absolute Gasteiger partial charge is 0.481 e. The lowest BCUT2D eigenvalue weighted by Gasteiger charge is -2.08. The van der Waals surface area contributed by atoms with Crippen molar-refractivity contribution in [2.24, 2.45) is 0 Å². The minimum Gasteiger partial charge on any atom is -0.481 e. The monoisotopic (exact) mass is 288 g/mol. The summed E-state index contributed by atoms with van der Waals surface area (Å²) < 4.78 is 0. The summed E-state index contributed by atoms with van der Waals surface area (Å²) in [6, 6.07) is 8.79. The van der Waals surface area contributed by atoms with Crippen molar-refractivity contribution in [2.75, 3.05) is 24.2 Å². The number of anilines is 2. The predicted octanol–water partition coefficient (Wildman–Crippen LogP) is 0.757. The fourth-order valence-corrected chi connectivity index (χ4v) is 1.90. The van der Waals surface area contributed by atoms with Crippen LogP contribution in [0.4, 0.5) is 11.8 Å². The van der Waals surface area contributed by atoms with Gasteiger partial charge in [-0.2, -0.15) is 4.98 Å². The van der Waals surface area contributed by atoms with E-state index in [2.05, 4.69) is 15.3 Å². The number of nitrogens with two attached hydrogens (primary N) is 1. The fraction of sp³-hybridized carbons (Fsp3) is 0.214. The summed E-state index contributed by atoms with van der Waals surface area (Å²) in [6.45, 7) is 0.336. The number of hydrogen-bond donors (Lipinski definition) is 4. The maximum absolute atomic E-state index is 10.8. The third-order valence-electron chi connectivity index (χ3n) is 2.74. The lowest BCUT2D eigenvalue weighted by Crippen LogP contribution is -2.09. The molecule has 110 valence electrons. The standard InChI is InChI=1S/C14H16N4O3/c15-14-17-11(8-12(18-14)16-4-5-19)10-3-1-2-9(6-10)7-13(20)21/h1-3,6,8,19H,4-5,7H2,(H,20,21)(H3,15,16,17,18). The molecule has 7 nitrogen and oxygen atoms in total. The average molecular weight is 288 g/mol. The number of benzene rings is 1. The number of carboxylic acids is 1. The van der Waals surface area contributed by atoms with E-state index in [-0.39, 0.29) is 19.0 Å². The molecule has 21 heavy (non-hydrogen) atoms. The van der Waals surface area contributed by atoms with E-state index in [0.29, 0.717) is 23.6 Å². The van der Waals surface area contributed by atoms with Crippen LogP contribution in [0.15, 0.2) is 30.3 Å². The number of carbonyl (C=O) groups is 1. The first-order valence-corrected chi connectivity index (χ1v) is 6.39. The first-order valence-electron chi connectivity index (χ1n) is 6.39. The first kappa shape index (κ1) is 14.7. The molecule has 0 atom stereocenters. The molecule has 0 saturated heterocycles. The number of hydrogen-bond acceptors (Lipinski definition) is 6. The zero-order chi connectivity index (χ0) is 15.2. The molecule has 1 aromatic carbocycles. The highest BCUT2D eigenvalue weighted by Crippen LogP contribution is 2.22. The Morgan fingerprint density at radius 3 is 2.81 bits per heavy atom. The van der Waals surface area contributed by atoms with Crippen molar-refractivity contribution < 1.29 is 15.0 Å². The molecule has 0 unspecified atom stereocenters. The van der Waals surface area contributed by atoms with Gasteiger partial charge in [0.2, 0.25) is 5.95 Å². The maximum atomic E-state index is 10.8. The molecule has 0 fully saturated rings. The minimum absolute atomic E-state index is 0.0205. The second kappa shape index (κ2) is 6.67. The first-order chi connectivity index (χ1) is 10.1. The number of aliphatic hydroxyl groups is 1. The summed E-state index contributed by atoms with van der Waals surface area (Å²) in [6.07, 6.45) is -0.0516. The van der Waals surface area contributed by atoms with E-state index in [1.165, 1.54) is 0 Å². The average Bonchev–Trinajstić information content (AvgIpc) is 2.44. The molecule has 0 aliphatic rings. The number of nitrogen functional groups attached to an aromatic ring is 1. The molecule has 0 amide bonds. The summed E-state index contributed by atoms with van der Waals surface area (Å²) in [7, 11) is 0. The van der Waals surface area contributed by atoms with Crippen LogP contribution in [0.25, 0.3) is 11.3 Å². The van der Waals surface area contributed by atoms with E-state index in [1.54, 1.807) is 24.3 Å². The molecule has 0 spiro atoms. The Hall–Kier alpha value is -2.67. The van der Waals surface area contributed by atoms with Gasteiger partial charge in [0.1, 0.15) is 5.82 Å². The van der Waals surface area contributed by atoms with Crippen LogP contribution in [-0.4, -0.2) is 39.3 Å². The smallest absolute Gasteiger partial charge is 0.307 e. The van der Waals surface area contributed by atoms with Gasteiger partial charge in [0.15, 0.2) is 0 Å². The van der Waals surface area contributed by atoms with Gasteiger partial charge in [-0.15, -0.1) is 0 Å². The molecule has 5 N–H and O–H groups in total. The Bertz CT molecular complexity index is 646. The Morgan fingerprint density at radius 2 is 2.10 bits per heavy atom. The molecular formula is C14H16N4O3. The number of rotatable bonds is 6. The minimum atomic E-state index is -0.889. The van der Waals surface area contributed by atoms with Crippen LogP contribution < -0.4 is 11.1 Å². The molecule has 0 aliphatic heterocycles. The molecule has 0 saturated carbocycles. The number of nitrogens with zero attached hydrogens (tertiary/aromatic N) is 2. The molecule has 1 aromatic heterocycles. The summed E-state index contributed by atoms with van der Waals surface area (Å²) in [5, 5.41) is 20.6. The molecule has 2 rings (SSSR count). The number of nitrogens with one attached hydrogen (secondary N) is 1. The number of aromatic nitrogens is 2. The summed E-state index contributed by atoms with van der Waals surface area (Å²) in [4.78, 5) is 18.9. The van der Waals surface area contributed by atoms with Crippen LogP contribution in [0.3, 0.4) is 0 Å². The molecule has 1 heterocycles. The summed E-state index contributed by atoms with van der Waals surface area (Å²) in [5.74, 6) is -0.272. The van der Waals surface area contributed by atoms with Crippen LogP contribution in [0, 0.1) is 0 Å². The van der Waals surface area contributed by atoms with Gasteiger partial charge in [-0.1, -0.05) is 18.2 Å². The van der Waals surface area contributed by atoms with Gasteiger partial charge in [0, 0.05) is 18.2 Å². The van der Waals surface area contributed by atoms with Gasteiger partial charge in [-0.25, -0.2) is 4.98 Å². The molecular weight excluding hydrogens is 272 g/mol. The molecule has 2 aromatic rings. The predicted molar refractivity (Wildman–Crippen MR) is 78.8 cm³/mol. The normalized spacial score (nSPS) is 10.3. The van der Waals surface area contributed by atoms with E-state index >= 15 is 0 Å². The summed E-state index contributed by atoms with van der Waals surface area (Å²) in [5.41, 5.74) is 7.70. The number of aliphatic hydroxyl groups excluding tert-OH is 1. The van der Waals surface area contributed by atoms with Gasteiger partial charge >= 0.3 is 5.97 Å². The second-order valence-corrected chi connectivity index (χ2v) is 4.42. The van der Waals surface area contributed by atoms with Crippen molar-refractivity contribution in [2.45, 2.75) is 6.42 Å². The van der Waals surface area contributed by atoms with E-state index in [4.69, 9.17) is 15.9 Å². The number of aliphatic carboxylic acids is 1. The van der Waals surface area contributed by atoms with Gasteiger partial charge in [0.05, 0.1) is 18.7 Å². The SMILES string of the molecule is Nc1nc(NCCO)cc(-c2cccc(CC(=O)O)c2)n1. The lowest BCUT2D eigenvalue weighted by molar-refractivity contribution is -0.136. The van der Waals surface area contributed by atoms with E-state index in [9.17, 15) is 4.79 Å². The molecule has 0 radical (unpaired) electrons. The van der Waals surface area contributed by atoms with E-state index < -0.39 is 5.97 Å². The maximum Gasteiger partial charge on any atom is 0.307 e. The van der Waals surface area contributed by atoms with Gasteiger partial charge in [-0.3, -0.25) is 4.79 Å². The van der Waals surface area contributed by atoms with Crippen LogP contribution in [-0.2, 0) is 11.2 Å². The zero-order valence-electron chi connectivity index (χ0n) is 11.3. The van der Waals surface area contributed by atoms with Crippen LogP contribution >= 0.6 is 0 Å². The van der Waals surface area contributed by atoms with Crippen LogP contribution in [0.1, 0.15) is 5.56 Å². The highest BCUT2D eigenvalue weighted by molar-refractivity contribution is 5.72. The fourth-order valence-electron chi connectivity index (χ4n) is 1.90. The van der Waals surface area contributed by atoms with Crippen molar-refractivity contribution in [3.8, 4) is 11.3 Å². The van der Waals surface area contributed by atoms with Crippen molar-refractivity contribution in [1.29, 1.82) is 0 Å². The summed E-state index contributed by atoms with van der Waals surface area (Å²) >= 11 is 0. The van der Waals surface area contributed by atoms with Gasteiger partial charge in [0.25, 0.3) is 0 Å². The third kappa shape index (κ3) is 4.15. The Kier molecular flexibility index (Phi) is 4.68. The number of carboxylic acid groups (broad SMARTS) is 1. The van der Waals surface area contributed by atoms with Gasteiger partial charge < -0.3 is 21.3 Å². The lowest BCUT2D eigenvalue weighted by atomic mass is 10.1. The Morgan fingerprint density at radius 1 is 1.29 bits per heavy atom. The third-order valence-corrected chi connectivity index (χ3v) is 2.74. The highest BCUT2D eigenvalue weighted by Gasteiger charge is 2.07. The quantitative estimate of drug-likeness (QED) is 0.619. The Labute approximate surface area is 121 Å². The Balaban J connectivity index is 2.32. The van der Waals surface area contributed by atoms with Crippen LogP contribution in [0.2, 0.25) is 0 Å². The van der Waals surface area contributed by atoms with Crippen molar-refractivity contribution >= 4 is 17.7 Å². The van der Waals surface area contributed by atoms with Gasteiger partial charge in [-0.05, 0) is 11.6 Å². The highest BCUT2D eigenvalue weighted by atomic mass is 16.4. The van der Waals surface area contributed by atoms with E-state index in [1.807, 2.05) is 6.07 Å². The molecule has 0 aliphatic carbocycles. The zero-order valence-corrected chi connectivity index (χ0v) is 11.3. The van der Waals surface area contributed by atoms with Crippen molar-refractivity contribution in [3.63, 3.8) is 0 Å². The second-order valence-electron chi connectivity index (χ2n) is 4.42. The van der Waals surface area contributed by atoms with Crippen molar-refractivity contribution in [3.05, 3.63) is 35.9 Å². The van der Waals surface area contributed by atoms with Crippen molar-refractivity contribution in [1.82, 2.24) is 9.97 Å². The molecule has 0 bridgehead atoms. The van der Waals surface area contributed by atoms with Crippen LogP contribution in [0.5, 0.6) is 0 Å². The topological polar surface area (TPSA) is 121 Å². The molecule has 7 heteroatoms.